The second-order valence-electron chi connectivity index (χ2n) is 4.64. The summed E-state index contributed by atoms with van der Waals surface area (Å²) < 4.78 is 4.98. The molecule has 1 aromatic carbocycles. The quantitative estimate of drug-likeness (QED) is 0.621. The summed E-state index contributed by atoms with van der Waals surface area (Å²) in [6.07, 6.45) is -0.664. The van der Waals surface area contributed by atoms with Crippen LogP contribution in [0.25, 0.3) is 0 Å². The number of benzene rings is 1. The monoisotopic (exact) mass is 254 g/mol. The Morgan fingerprint density at radius 2 is 2.11 bits per heavy atom. The van der Waals surface area contributed by atoms with E-state index in [9.17, 15) is 15.2 Å². The van der Waals surface area contributed by atoms with Crippen molar-refractivity contribution in [3.63, 3.8) is 0 Å². The van der Waals surface area contributed by atoms with E-state index in [1.165, 1.54) is 13.2 Å². The minimum absolute atomic E-state index is 0.131. The van der Waals surface area contributed by atoms with Gasteiger partial charge in [0.25, 0.3) is 0 Å². The molecule has 0 heterocycles. The lowest BCUT2D eigenvalue weighted by Gasteiger charge is -2.30. The van der Waals surface area contributed by atoms with Crippen LogP contribution in [-0.4, -0.2) is 28.8 Å². The van der Waals surface area contributed by atoms with Crippen LogP contribution in [0, 0.1) is 10.1 Å². The summed E-state index contributed by atoms with van der Waals surface area (Å²) in [5.41, 5.74) is -0.490. The number of nitro benzene ring substituents is 1. The standard InChI is InChI=1S/C12H18N2O4/c1-8(15)12(2,3)13-9-6-5-7-10(18-4)11(9)14(16)17/h5-8,13,15H,1-4H3. The largest absolute Gasteiger partial charge is 0.490 e. The maximum Gasteiger partial charge on any atom is 0.333 e. The van der Waals surface area contributed by atoms with Crippen molar-refractivity contribution >= 4 is 11.4 Å². The zero-order valence-corrected chi connectivity index (χ0v) is 10.9. The Hall–Kier alpha value is -1.82. The van der Waals surface area contributed by atoms with Crippen LogP contribution in [-0.2, 0) is 0 Å². The van der Waals surface area contributed by atoms with Crippen molar-refractivity contribution in [1.82, 2.24) is 0 Å². The second kappa shape index (κ2) is 5.22. The van der Waals surface area contributed by atoms with Crippen molar-refractivity contribution in [3.05, 3.63) is 28.3 Å². The lowest BCUT2D eigenvalue weighted by molar-refractivity contribution is -0.384. The van der Waals surface area contributed by atoms with Crippen molar-refractivity contribution in [2.24, 2.45) is 0 Å². The Labute approximate surface area is 106 Å². The molecule has 1 rings (SSSR count). The highest BCUT2D eigenvalue weighted by molar-refractivity contribution is 5.69. The molecule has 0 amide bonds. The van der Waals surface area contributed by atoms with Gasteiger partial charge < -0.3 is 15.2 Å². The molecule has 1 aromatic rings. The van der Waals surface area contributed by atoms with E-state index in [4.69, 9.17) is 4.74 Å². The highest BCUT2D eigenvalue weighted by Gasteiger charge is 2.28. The first-order valence-corrected chi connectivity index (χ1v) is 5.57. The van der Waals surface area contributed by atoms with E-state index in [1.807, 2.05) is 0 Å². The number of methoxy groups -OCH3 is 1. The van der Waals surface area contributed by atoms with Gasteiger partial charge in [0.15, 0.2) is 5.75 Å². The highest BCUT2D eigenvalue weighted by Crippen LogP contribution is 2.36. The number of hydrogen-bond donors (Lipinski definition) is 2. The predicted molar refractivity (Wildman–Crippen MR) is 69.0 cm³/mol. The van der Waals surface area contributed by atoms with E-state index in [-0.39, 0.29) is 11.4 Å². The van der Waals surface area contributed by atoms with E-state index in [0.717, 1.165) is 0 Å². The van der Waals surface area contributed by atoms with Gasteiger partial charge in [-0.2, -0.15) is 0 Å². The van der Waals surface area contributed by atoms with Gasteiger partial charge >= 0.3 is 5.69 Å². The molecule has 0 bridgehead atoms. The predicted octanol–water partition coefficient (Wildman–Crippen LogP) is 2.17. The smallest absolute Gasteiger partial charge is 0.333 e. The molecule has 0 spiro atoms. The molecule has 1 unspecified atom stereocenters. The molecule has 0 saturated heterocycles. The summed E-state index contributed by atoms with van der Waals surface area (Å²) in [6, 6.07) is 4.77. The third kappa shape index (κ3) is 2.89. The molecule has 2 N–H and O–H groups in total. The van der Waals surface area contributed by atoms with Gasteiger partial charge in [0, 0.05) is 0 Å². The molecule has 0 radical (unpaired) electrons. The SMILES string of the molecule is COc1cccc(NC(C)(C)C(C)O)c1[N+](=O)[O-]. The van der Waals surface area contributed by atoms with Crippen molar-refractivity contribution in [2.45, 2.75) is 32.4 Å². The van der Waals surface area contributed by atoms with Crippen molar-refractivity contribution in [3.8, 4) is 5.75 Å². The number of hydrogen-bond acceptors (Lipinski definition) is 5. The van der Waals surface area contributed by atoms with Crippen LogP contribution in [0.1, 0.15) is 20.8 Å². The van der Waals surface area contributed by atoms with Gasteiger partial charge in [0.2, 0.25) is 0 Å². The molecule has 1 atom stereocenters. The molecule has 18 heavy (non-hydrogen) atoms. The topological polar surface area (TPSA) is 84.6 Å². The fourth-order valence-corrected chi connectivity index (χ4v) is 1.43. The Morgan fingerprint density at radius 3 is 2.56 bits per heavy atom. The van der Waals surface area contributed by atoms with Crippen LogP contribution in [0.5, 0.6) is 5.75 Å². The number of anilines is 1. The molecule has 0 aromatic heterocycles. The number of aliphatic hydroxyl groups excluding tert-OH is 1. The first-order chi connectivity index (χ1) is 8.29. The third-order valence-electron chi connectivity index (χ3n) is 2.90. The van der Waals surface area contributed by atoms with Crippen LogP contribution >= 0.6 is 0 Å². The van der Waals surface area contributed by atoms with Gasteiger partial charge in [-0.1, -0.05) is 6.07 Å². The first kappa shape index (κ1) is 14.2. The Morgan fingerprint density at radius 1 is 1.50 bits per heavy atom. The second-order valence-corrected chi connectivity index (χ2v) is 4.64. The van der Waals surface area contributed by atoms with Crippen LogP contribution in [0.3, 0.4) is 0 Å². The van der Waals surface area contributed by atoms with Crippen LogP contribution in [0.15, 0.2) is 18.2 Å². The third-order valence-corrected chi connectivity index (χ3v) is 2.90. The lowest BCUT2D eigenvalue weighted by atomic mass is 9.98. The van der Waals surface area contributed by atoms with E-state index in [0.29, 0.717) is 5.69 Å². The molecule has 0 fully saturated rings. The molecule has 0 saturated carbocycles. The molecule has 100 valence electrons. The Balaban J connectivity index is 3.21. The molecule has 0 aliphatic carbocycles. The number of para-hydroxylation sites is 1. The van der Waals surface area contributed by atoms with Gasteiger partial charge in [-0.15, -0.1) is 0 Å². The zero-order chi connectivity index (χ0) is 13.9. The minimum Gasteiger partial charge on any atom is -0.490 e. The molecular weight excluding hydrogens is 236 g/mol. The fraction of sp³-hybridized carbons (Fsp3) is 0.500. The van der Waals surface area contributed by atoms with Crippen molar-refractivity contribution in [2.75, 3.05) is 12.4 Å². The van der Waals surface area contributed by atoms with E-state index in [1.54, 1.807) is 32.9 Å². The maximum absolute atomic E-state index is 11.1. The summed E-state index contributed by atoms with van der Waals surface area (Å²) in [5.74, 6) is 0.186. The summed E-state index contributed by atoms with van der Waals surface area (Å²) in [6.45, 7) is 5.15. The van der Waals surface area contributed by atoms with Gasteiger partial charge in [-0.05, 0) is 32.9 Å². The molecule has 0 aliphatic heterocycles. The zero-order valence-electron chi connectivity index (χ0n) is 10.9. The van der Waals surface area contributed by atoms with Gasteiger partial charge in [0.1, 0.15) is 5.69 Å². The van der Waals surface area contributed by atoms with E-state index < -0.39 is 16.6 Å². The van der Waals surface area contributed by atoms with Crippen molar-refractivity contribution in [1.29, 1.82) is 0 Å². The average molecular weight is 254 g/mol. The van der Waals surface area contributed by atoms with Gasteiger partial charge in [-0.3, -0.25) is 10.1 Å². The fourth-order valence-electron chi connectivity index (χ4n) is 1.43. The number of nitrogens with zero attached hydrogens (tertiary/aromatic N) is 1. The number of aliphatic hydroxyl groups is 1. The number of nitrogens with one attached hydrogen (secondary N) is 1. The number of nitro groups is 1. The summed E-state index contributed by atoms with van der Waals surface area (Å²) in [7, 11) is 1.38. The van der Waals surface area contributed by atoms with Crippen LogP contribution < -0.4 is 10.1 Å². The number of ether oxygens (including phenoxy) is 1. The van der Waals surface area contributed by atoms with Gasteiger partial charge in [-0.25, -0.2) is 0 Å². The van der Waals surface area contributed by atoms with Crippen LogP contribution in [0.4, 0.5) is 11.4 Å². The molecule has 0 aliphatic rings. The summed E-state index contributed by atoms with van der Waals surface area (Å²) >= 11 is 0. The van der Waals surface area contributed by atoms with E-state index in [2.05, 4.69) is 5.32 Å². The number of rotatable bonds is 5. The minimum atomic E-state index is -0.683. The van der Waals surface area contributed by atoms with E-state index >= 15 is 0 Å². The first-order valence-electron chi connectivity index (χ1n) is 5.57. The van der Waals surface area contributed by atoms with Gasteiger partial charge in [0.05, 0.1) is 23.7 Å². The lowest BCUT2D eigenvalue weighted by Crippen LogP contribution is -2.42. The van der Waals surface area contributed by atoms with Crippen LogP contribution in [0.2, 0.25) is 0 Å². The Kier molecular flexibility index (Phi) is 4.13. The molecule has 6 heteroatoms. The summed E-state index contributed by atoms with van der Waals surface area (Å²) in [5, 5.41) is 23.7. The Bertz CT molecular complexity index is 444. The average Bonchev–Trinajstić information content (AvgIpc) is 2.27. The van der Waals surface area contributed by atoms with Crippen molar-refractivity contribution < 1.29 is 14.8 Å². The highest BCUT2D eigenvalue weighted by atomic mass is 16.6. The summed E-state index contributed by atoms with van der Waals surface area (Å²) in [4.78, 5) is 10.6. The maximum atomic E-state index is 11.1. The molecule has 6 nitrogen and oxygen atoms in total. The molecular formula is C12H18N2O4. The normalized spacial score (nSPS) is 12.9.